The van der Waals surface area contributed by atoms with E-state index < -0.39 is 0 Å². The predicted octanol–water partition coefficient (Wildman–Crippen LogP) is 3.57. The molecule has 0 bridgehead atoms. The van der Waals surface area contributed by atoms with Gasteiger partial charge in [0.1, 0.15) is 0 Å². The van der Waals surface area contributed by atoms with Gasteiger partial charge < -0.3 is 9.47 Å². The Hall–Kier alpha value is -0.870. The van der Waals surface area contributed by atoms with Crippen molar-refractivity contribution in [2.24, 2.45) is 0 Å². The highest BCUT2D eigenvalue weighted by molar-refractivity contribution is 7.99. The SMILES string of the molecule is CSC1CCN(Cc2ccc3c(c2)OCCCCO3)CC1. The third kappa shape index (κ3) is 4.07. The van der Waals surface area contributed by atoms with Crippen LogP contribution >= 0.6 is 11.8 Å². The van der Waals surface area contributed by atoms with Crippen molar-refractivity contribution in [3.8, 4) is 11.5 Å². The van der Waals surface area contributed by atoms with Crippen molar-refractivity contribution in [3.63, 3.8) is 0 Å². The number of likely N-dealkylation sites (tertiary alicyclic amines) is 1. The molecule has 1 aromatic rings. The molecule has 0 spiro atoms. The molecule has 0 aliphatic carbocycles. The highest BCUT2D eigenvalue weighted by atomic mass is 32.2. The second-order valence-electron chi connectivity index (χ2n) is 5.90. The van der Waals surface area contributed by atoms with Gasteiger partial charge in [0.25, 0.3) is 0 Å². The van der Waals surface area contributed by atoms with Crippen molar-refractivity contribution >= 4 is 11.8 Å². The number of hydrogen-bond acceptors (Lipinski definition) is 4. The minimum atomic E-state index is 0.803. The van der Waals surface area contributed by atoms with Crippen LogP contribution in [0.5, 0.6) is 11.5 Å². The number of fused-ring (bicyclic) bond motifs is 1. The molecule has 0 saturated carbocycles. The van der Waals surface area contributed by atoms with Crippen LogP contribution in [0.1, 0.15) is 31.2 Å². The lowest BCUT2D eigenvalue weighted by Gasteiger charge is -2.31. The van der Waals surface area contributed by atoms with Gasteiger partial charge in [-0.05, 0) is 62.7 Å². The summed E-state index contributed by atoms with van der Waals surface area (Å²) in [6.07, 6.45) is 7.00. The average Bonchev–Trinajstić information content (AvgIpc) is 2.49. The molecule has 116 valence electrons. The maximum atomic E-state index is 5.85. The van der Waals surface area contributed by atoms with Crippen molar-refractivity contribution in [2.45, 2.75) is 37.5 Å². The third-order valence-electron chi connectivity index (χ3n) is 4.34. The first-order valence-corrected chi connectivity index (χ1v) is 9.27. The van der Waals surface area contributed by atoms with Gasteiger partial charge in [-0.15, -0.1) is 0 Å². The molecule has 1 aromatic carbocycles. The number of rotatable bonds is 3. The summed E-state index contributed by atoms with van der Waals surface area (Å²) in [4.78, 5) is 2.55. The van der Waals surface area contributed by atoms with E-state index in [1.807, 2.05) is 11.8 Å². The van der Waals surface area contributed by atoms with E-state index in [2.05, 4.69) is 29.4 Å². The zero-order chi connectivity index (χ0) is 14.5. The van der Waals surface area contributed by atoms with Crippen LogP contribution in [0, 0.1) is 0 Å². The van der Waals surface area contributed by atoms with Gasteiger partial charge in [0.15, 0.2) is 11.5 Å². The minimum Gasteiger partial charge on any atom is -0.490 e. The summed E-state index contributed by atoms with van der Waals surface area (Å²) in [5, 5.41) is 0.855. The molecule has 0 aromatic heterocycles. The Bertz CT molecular complexity index is 458. The van der Waals surface area contributed by atoms with E-state index in [4.69, 9.17) is 9.47 Å². The lowest BCUT2D eigenvalue weighted by atomic mass is 10.1. The molecular formula is C17H25NO2S. The number of piperidine rings is 1. The molecule has 4 heteroatoms. The van der Waals surface area contributed by atoms with Gasteiger partial charge in [-0.1, -0.05) is 6.07 Å². The van der Waals surface area contributed by atoms with E-state index in [0.717, 1.165) is 49.3 Å². The first kappa shape index (κ1) is 15.0. The summed E-state index contributed by atoms with van der Waals surface area (Å²) in [6.45, 7) is 5.05. The second kappa shape index (κ2) is 7.41. The maximum Gasteiger partial charge on any atom is 0.161 e. The molecule has 2 aliphatic heterocycles. The lowest BCUT2D eigenvalue weighted by Crippen LogP contribution is -2.34. The second-order valence-corrected chi connectivity index (χ2v) is 7.03. The van der Waals surface area contributed by atoms with Gasteiger partial charge >= 0.3 is 0 Å². The summed E-state index contributed by atoms with van der Waals surface area (Å²) >= 11 is 2.01. The first-order chi connectivity index (χ1) is 10.3. The Balaban J connectivity index is 1.62. The Labute approximate surface area is 132 Å². The van der Waals surface area contributed by atoms with Gasteiger partial charge in [-0.3, -0.25) is 4.90 Å². The summed E-state index contributed by atoms with van der Waals surface area (Å²) in [6, 6.07) is 6.43. The molecule has 2 heterocycles. The van der Waals surface area contributed by atoms with Crippen LogP contribution in [0.25, 0.3) is 0 Å². The summed E-state index contributed by atoms with van der Waals surface area (Å²) in [5.74, 6) is 1.82. The van der Waals surface area contributed by atoms with Gasteiger partial charge in [0, 0.05) is 11.8 Å². The van der Waals surface area contributed by atoms with E-state index in [9.17, 15) is 0 Å². The molecule has 1 fully saturated rings. The number of hydrogen-bond donors (Lipinski definition) is 0. The van der Waals surface area contributed by atoms with Gasteiger partial charge in [-0.2, -0.15) is 11.8 Å². The van der Waals surface area contributed by atoms with Crippen LogP contribution in [0.4, 0.5) is 0 Å². The van der Waals surface area contributed by atoms with E-state index in [0.29, 0.717) is 0 Å². The van der Waals surface area contributed by atoms with E-state index in [-0.39, 0.29) is 0 Å². The largest absolute Gasteiger partial charge is 0.490 e. The van der Waals surface area contributed by atoms with Gasteiger partial charge in [0.2, 0.25) is 0 Å². The molecule has 0 amide bonds. The summed E-state index contributed by atoms with van der Waals surface area (Å²) in [5.41, 5.74) is 1.33. The summed E-state index contributed by atoms with van der Waals surface area (Å²) in [7, 11) is 0. The molecule has 3 nitrogen and oxygen atoms in total. The van der Waals surface area contributed by atoms with Crippen molar-refractivity contribution in [3.05, 3.63) is 23.8 Å². The van der Waals surface area contributed by atoms with E-state index in [1.54, 1.807) is 0 Å². The maximum absolute atomic E-state index is 5.85. The number of ether oxygens (including phenoxy) is 2. The van der Waals surface area contributed by atoms with Crippen LogP contribution in [0.3, 0.4) is 0 Å². The van der Waals surface area contributed by atoms with Gasteiger partial charge in [-0.25, -0.2) is 0 Å². The van der Waals surface area contributed by atoms with Crippen molar-refractivity contribution < 1.29 is 9.47 Å². The average molecular weight is 307 g/mol. The lowest BCUT2D eigenvalue weighted by molar-refractivity contribution is 0.217. The van der Waals surface area contributed by atoms with E-state index in [1.165, 1.54) is 31.5 Å². The highest BCUT2D eigenvalue weighted by Crippen LogP contribution is 2.31. The molecular weight excluding hydrogens is 282 g/mol. The highest BCUT2D eigenvalue weighted by Gasteiger charge is 2.19. The van der Waals surface area contributed by atoms with Crippen LogP contribution in [-0.2, 0) is 6.54 Å². The smallest absolute Gasteiger partial charge is 0.161 e. The molecule has 21 heavy (non-hydrogen) atoms. The molecule has 0 unspecified atom stereocenters. The monoisotopic (exact) mass is 307 g/mol. The fraction of sp³-hybridized carbons (Fsp3) is 0.647. The molecule has 2 aliphatic rings. The van der Waals surface area contributed by atoms with E-state index >= 15 is 0 Å². The Morgan fingerprint density at radius 3 is 2.52 bits per heavy atom. The van der Waals surface area contributed by atoms with Crippen LogP contribution < -0.4 is 9.47 Å². The standard InChI is InChI=1S/C17H25NO2S/c1-21-15-6-8-18(9-7-15)13-14-4-5-16-17(12-14)20-11-3-2-10-19-16/h4-5,12,15H,2-3,6-11,13H2,1H3. The summed E-state index contributed by atoms with van der Waals surface area (Å²) < 4.78 is 11.6. The zero-order valence-electron chi connectivity index (χ0n) is 12.8. The van der Waals surface area contributed by atoms with Crippen LogP contribution in [-0.4, -0.2) is 42.7 Å². The van der Waals surface area contributed by atoms with Crippen molar-refractivity contribution in [1.29, 1.82) is 0 Å². The molecule has 3 rings (SSSR count). The third-order valence-corrected chi connectivity index (χ3v) is 5.47. The minimum absolute atomic E-state index is 0.803. The normalized spacial score (nSPS) is 20.8. The Kier molecular flexibility index (Phi) is 5.31. The number of nitrogens with zero attached hydrogens (tertiary/aromatic N) is 1. The molecule has 0 N–H and O–H groups in total. The van der Waals surface area contributed by atoms with Crippen molar-refractivity contribution in [1.82, 2.24) is 4.90 Å². The van der Waals surface area contributed by atoms with Crippen LogP contribution in [0.2, 0.25) is 0 Å². The quantitative estimate of drug-likeness (QED) is 0.851. The fourth-order valence-electron chi connectivity index (χ4n) is 3.01. The Morgan fingerprint density at radius 1 is 1.10 bits per heavy atom. The van der Waals surface area contributed by atoms with Gasteiger partial charge in [0.05, 0.1) is 13.2 Å². The molecule has 0 radical (unpaired) electrons. The fourth-order valence-corrected chi connectivity index (χ4v) is 3.69. The predicted molar refractivity (Wildman–Crippen MR) is 88.5 cm³/mol. The van der Waals surface area contributed by atoms with Crippen molar-refractivity contribution in [2.75, 3.05) is 32.6 Å². The topological polar surface area (TPSA) is 21.7 Å². The number of benzene rings is 1. The molecule has 0 atom stereocenters. The zero-order valence-corrected chi connectivity index (χ0v) is 13.7. The van der Waals surface area contributed by atoms with Crippen LogP contribution in [0.15, 0.2) is 18.2 Å². The number of thioether (sulfide) groups is 1. The first-order valence-electron chi connectivity index (χ1n) is 7.99. The Morgan fingerprint density at radius 2 is 1.81 bits per heavy atom. The molecule has 1 saturated heterocycles.